The normalized spacial score (nSPS) is 27.5. The number of benzene rings is 1. The molecule has 0 radical (unpaired) electrons. The molecule has 1 aliphatic heterocycles. The fourth-order valence-electron chi connectivity index (χ4n) is 4.64. The summed E-state index contributed by atoms with van der Waals surface area (Å²) in [7, 11) is 0. The van der Waals surface area contributed by atoms with Crippen LogP contribution in [0.5, 0.6) is 0 Å². The maximum atomic E-state index is 12.7. The molecule has 9 nitrogen and oxygen atoms in total. The van der Waals surface area contributed by atoms with Crippen LogP contribution in [0.25, 0.3) is 0 Å². The maximum absolute atomic E-state index is 12.7. The van der Waals surface area contributed by atoms with Crippen molar-refractivity contribution in [2.75, 3.05) is 6.54 Å². The molecule has 4 atom stereocenters. The molecule has 1 aromatic carbocycles. The van der Waals surface area contributed by atoms with Crippen LogP contribution < -0.4 is 0 Å². The number of hydrogen-bond donors (Lipinski definition) is 2. The maximum Gasteiger partial charge on any atom is 0.410 e. The van der Waals surface area contributed by atoms with Crippen molar-refractivity contribution in [2.24, 2.45) is 17.8 Å². The minimum absolute atomic E-state index is 0.0408. The van der Waals surface area contributed by atoms with Gasteiger partial charge in [-0.25, -0.2) is 9.59 Å². The second-order valence-electron chi connectivity index (χ2n) is 8.10. The van der Waals surface area contributed by atoms with Crippen molar-refractivity contribution >= 4 is 12.1 Å². The van der Waals surface area contributed by atoms with Crippen LogP contribution >= 0.6 is 0 Å². The number of piperidine rings is 1. The third kappa shape index (κ3) is 4.77. The van der Waals surface area contributed by atoms with Crippen molar-refractivity contribution in [3.05, 3.63) is 41.7 Å². The van der Waals surface area contributed by atoms with E-state index in [1.807, 2.05) is 30.3 Å². The fraction of sp³-hybridized carbons (Fsp3) is 0.571. The smallest absolute Gasteiger partial charge is 0.410 e. The number of carboxylic acids is 1. The van der Waals surface area contributed by atoms with Gasteiger partial charge in [0, 0.05) is 15.7 Å². The van der Waals surface area contributed by atoms with Crippen molar-refractivity contribution in [3.8, 4) is 0 Å². The largest absolute Gasteiger partial charge is 0.480 e. The zero-order chi connectivity index (χ0) is 22.7. The molecule has 30 heavy (non-hydrogen) atoms. The van der Waals surface area contributed by atoms with Crippen LogP contribution in [0.15, 0.2) is 30.3 Å². The molecule has 2 aromatic rings. The van der Waals surface area contributed by atoms with Crippen molar-refractivity contribution in [2.45, 2.75) is 51.1 Å². The Bertz CT molecular complexity index is 928. The van der Waals surface area contributed by atoms with E-state index in [-0.39, 0.29) is 36.6 Å². The average Bonchev–Trinajstić information content (AvgIpc) is 3.33. The summed E-state index contributed by atoms with van der Waals surface area (Å²) in [4.78, 5) is 26.0. The molecule has 160 valence electrons. The lowest BCUT2D eigenvalue weighted by molar-refractivity contribution is -0.146. The van der Waals surface area contributed by atoms with Gasteiger partial charge in [-0.1, -0.05) is 42.0 Å². The van der Waals surface area contributed by atoms with Crippen LogP contribution in [0.3, 0.4) is 0 Å². The van der Waals surface area contributed by atoms with Crippen LogP contribution in [0.1, 0.15) is 46.2 Å². The first kappa shape index (κ1) is 17.9. The summed E-state index contributed by atoms with van der Waals surface area (Å²) in [6.07, 6.45) is 0.654. The molecule has 1 aliphatic carbocycles. The number of aryl methyl sites for hydroxylation is 1. The number of hydrogen-bond acceptors (Lipinski definition) is 6. The van der Waals surface area contributed by atoms with Gasteiger partial charge in [0.2, 0.25) is 0 Å². The lowest BCUT2D eigenvalue weighted by Crippen LogP contribution is -2.54. The van der Waals surface area contributed by atoms with Crippen molar-refractivity contribution < 1.29 is 22.2 Å². The molecule has 1 saturated heterocycles. The first-order valence-corrected chi connectivity index (χ1v) is 10.3. The average molecular weight is 415 g/mol. The third-order valence-electron chi connectivity index (χ3n) is 6.20. The fourth-order valence-corrected chi connectivity index (χ4v) is 4.64. The van der Waals surface area contributed by atoms with Gasteiger partial charge >= 0.3 is 12.1 Å². The number of H-pyrrole nitrogens is 1. The highest BCUT2D eigenvalue weighted by Crippen LogP contribution is 2.42. The Kier molecular flexibility index (Phi) is 5.49. The van der Waals surface area contributed by atoms with Gasteiger partial charge in [0.05, 0.1) is 0 Å². The first-order valence-electron chi connectivity index (χ1n) is 11.3. The quantitative estimate of drug-likeness (QED) is 0.744. The Morgan fingerprint density at radius 1 is 1.23 bits per heavy atom. The summed E-state index contributed by atoms with van der Waals surface area (Å²) in [6, 6.07) is 8.35. The predicted octanol–water partition coefficient (Wildman–Crippen LogP) is 2.66. The highest BCUT2D eigenvalue weighted by atomic mass is 16.6. The van der Waals surface area contributed by atoms with E-state index >= 15 is 0 Å². The second kappa shape index (κ2) is 9.23. The molecular formula is C21H27N5O4. The van der Waals surface area contributed by atoms with Gasteiger partial charge in [-0.2, -0.15) is 5.21 Å². The highest BCUT2D eigenvalue weighted by Gasteiger charge is 2.44. The standard InChI is InChI=1S/C21H27N5O4/c27-20(28)18-11-17-10-14(7-9-19-22-24-25-23-19)6-8-16(17)12-26(18)21(29)30-13-15-4-2-1-3-5-15/h1-5,14,16-18H,6-13H2,(H,27,28)(H,22,23,24,25)/t14-,16+,17-,18+/m1/s1/i9D2. The van der Waals surface area contributed by atoms with Gasteiger partial charge in [-0.05, 0) is 49.0 Å². The Morgan fingerprint density at radius 2 is 2.07 bits per heavy atom. The number of aromatic nitrogens is 4. The van der Waals surface area contributed by atoms with E-state index in [0.717, 1.165) is 24.8 Å². The number of fused-ring (bicyclic) bond motifs is 1. The Hall–Kier alpha value is -2.97. The molecule has 1 aromatic heterocycles. The molecule has 0 spiro atoms. The van der Waals surface area contributed by atoms with Crippen molar-refractivity contribution in [1.82, 2.24) is 25.5 Å². The molecule has 2 heterocycles. The molecule has 4 rings (SSSR count). The van der Waals surface area contributed by atoms with E-state index in [0.29, 0.717) is 13.0 Å². The number of carbonyl (C=O) groups is 2. The van der Waals surface area contributed by atoms with E-state index in [4.69, 9.17) is 7.48 Å². The zero-order valence-corrected chi connectivity index (χ0v) is 16.6. The van der Waals surface area contributed by atoms with E-state index in [1.54, 1.807) is 0 Å². The number of aliphatic carboxylic acids is 1. The minimum Gasteiger partial charge on any atom is -0.480 e. The Labute approximate surface area is 177 Å². The number of nitrogens with one attached hydrogen (secondary N) is 1. The van der Waals surface area contributed by atoms with Gasteiger partial charge in [0.1, 0.15) is 12.6 Å². The summed E-state index contributed by atoms with van der Waals surface area (Å²) in [5.74, 6) is -0.601. The molecular weight excluding hydrogens is 386 g/mol. The minimum atomic E-state index is -1.70. The SMILES string of the molecule is [2H]C([2H])(C[C@H]1CC[C@H]2CN(C(=O)OCc3ccccc3)[C@H](C(=O)O)C[C@H]2C1)c1nn[nH]n1. The zero-order valence-electron chi connectivity index (χ0n) is 18.6. The first-order chi connectivity index (χ1) is 15.3. The number of carboxylic acid groups (broad SMARTS) is 1. The van der Waals surface area contributed by atoms with Gasteiger partial charge < -0.3 is 9.84 Å². The van der Waals surface area contributed by atoms with Gasteiger partial charge in [-0.15, -0.1) is 10.2 Å². The van der Waals surface area contributed by atoms with Crippen LogP contribution in [0.4, 0.5) is 4.79 Å². The van der Waals surface area contributed by atoms with Crippen LogP contribution in [0.2, 0.25) is 0 Å². The van der Waals surface area contributed by atoms with Crippen LogP contribution in [0, 0.1) is 17.8 Å². The number of nitrogens with zero attached hydrogens (tertiary/aromatic N) is 4. The number of rotatable bonds is 6. The number of tetrazole rings is 1. The molecule has 9 heteroatoms. The highest BCUT2D eigenvalue weighted by molar-refractivity contribution is 5.80. The summed E-state index contributed by atoms with van der Waals surface area (Å²) in [6.45, 7) is 0.448. The summed E-state index contributed by atoms with van der Waals surface area (Å²) in [5, 5.41) is 23.1. The molecule has 2 aliphatic rings. The van der Waals surface area contributed by atoms with Gasteiger partial charge in [0.15, 0.2) is 5.82 Å². The predicted molar refractivity (Wildman–Crippen MR) is 106 cm³/mol. The third-order valence-corrected chi connectivity index (χ3v) is 6.20. The monoisotopic (exact) mass is 415 g/mol. The van der Waals surface area contributed by atoms with E-state index in [1.165, 1.54) is 4.90 Å². The second-order valence-corrected chi connectivity index (χ2v) is 8.10. The molecule has 0 bridgehead atoms. The van der Waals surface area contributed by atoms with E-state index in [2.05, 4.69) is 20.6 Å². The van der Waals surface area contributed by atoms with Crippen LogP contribution in [-0.2, 0) is 22.5 Å². The van der Waals surface area contributed by atoms with Crippen molar-refractivity contribution in [1.29, 1.82) is 0 Å². The molecule has 2 fully saturated rings. The number of amides is 1. The summed E-state index contributed by atoms with van der Waals surface area (Å²) < 4.78 is 22.0. The van der Waals surface area contributed by atoms with E-state index in [9.17, 15) is 14.7 Å². The Morgan fingerprint density at radius 3 is 2.80 bits per heavy atom. The molecule has 1 saturated carbocycles. The van der Waals surface area contributed by atoms with Crippen molar-refractivity contribution in [3.63, 3.8) is 0 Å². The summed E-state index contributed by atoms with van der Waals surface area (Å²) in [5.41, 5.74) is 0.846. The van der Waals surface area contributed by atoms with Gasteiger partial charge in [0.25, 0.3) is 0 Å². The number of carbonyl (C=O) groups excluding carboxylic acids is 1. The number of ether oxygens (including phenoxy) is 1. The lowest BCUT2D eigenvalue weighted by Gasteiger charge is -2.45. The molecule has 1 amide bonds. The molecule has 0 unspecified atom stereocenters. The van der Waals surface area contributed by atoms with E-state index < -0.39 is 24.5 Å². The van der Waals surface area contributed by atoms with Crippen LogP contribution in [-0.4, -0.2) is 55.3 Å². The summed E-state index contributed by atoms with van der Waals surface area (Å²) >= 11 is 0. The lowest BCUT2D eigenvalue weighted by atomic mass is 9.68. The van der Waals surface area contributed by atoms with Gasteiger partial charge in [-0.3, -0.25) is 4.90 Å². The number of aromatic amines is 1. The number of likely N-dealkylation sites (tertiary alicyclic amines) is 1. The molecule has 2 N–H and O–H groups in total. The Balaban J connectivity index is 1.38. The topological polar surface area (TPSA) is 121 Å².